The molecule has 1 aromatic heterocycles. The van der Waals surface area contributed by atoms with Gasteiger partial charge in [-0.2, -0.15) is 0 Å². The van der Waals surface area contributed by atoms with Gasteiger partial charge < -0.3 is 5.73 Å². The zero-order chi connectivity index (χ0) is 9.35. The summed E-state index contributed by atoms with van der Waals surface area (Å²) in [5.74, 6) is 0. The molecule has 12 heavy (non-hydrogen) atoms. The molecule has 0 aliphatic heterocycles. The van der Waals surface area contributed by atoms with Crippen LogP contribution in [0, 0.1) is 6.92 Å². The first-order chi connectivity index (χ1) is 5.38. The largest absolute Gasteiger partial charge is 0.325 e. The molecular formula is C9H14ClNS. The predicted molar refractivity (Wildman–Crippen MR) is 56.0 cm³/mol. The molecule has 0 aromatic carbocycles. The van der Waals surface area contributed by atoms with Gasteiger partial charge in [0.1, 0.15) is 0 Å². The Balaban J connectivity index is 2.77. The molecule has 1 nitrogen and oxygen atoms in total. The second kappa shape index (κ2) is 3.36. The van der Waals surface area contributed by atoms with Crippen molar-refractivity contribution < 1.29 is 0 Å². The van der Waals surface area contributed by atoms with Crippen molar-refractivity contribution >= 4 is 22.9 Å². The highest BCUT2D eigenvalue weighted by Gasteiger charge is 2.13. The summed E-state index contributed by atoms with van der Waals surface area (Å²) in [5, 5.41) is 0.860. The molecule has 0 spiro atoms. The van der Waals surface area contributed by atoms with Crippen molar-refractivity contribution in [1.29, 1.82) is 0 Å². The summed E-state index contributed by atoms with van der Waals surface area (Å²) in [6, 6.07) is 2.01. The van der Waals surface area contributed by atoms with Gasteiger partial charge in [0.15, 0.2) is 0 Å². The van der Waals surface area contributed by atoms with E-state index in [0.29, 0.717) is 0 Å². The summed E-state index contributed by atoms with van der Waals surface area (Å²) >= 11 is 7.66. The summed E-state index contributed by atoms with van der Waals surface area (Å²) in [6.07, 6.45) is 0.894. The fourth-order valence-corrected chi connectivity index (χ4v) is 2.54. The molecule has 1 rings (SSSR count). The van der Waals surface area contributed by atoms with E-state index >= 15 is 0 Å². The van der Waals surface area contributed by atoms with Crippen molar-refractivity contribution in [3.05, 3.63) is 20.8 Å². The van der Waals surface area contributed by atoms with E-state index in [2.05, 4.69) is 0 Å². The van der Waals surface area contributed by atoms with Crippen LogP contribution in [-0.2, 0) is 6.42 Å². The fraction of sp³-hybridized carbons (Fsp3) is 0.556. The lowest BCUT2D eigenvalue weighted by atomic mass is 10.0. The van der Waals surface area contributed by atoms with Crippen molar-refractivity contribution in [2.24, 2.45) is 5.73 Å². The maximum atomic E-state index is 5.93. The van der Waals surface area contributed by atoms with Crippen LogP contribution < -0.4 is 5.73 Å². The minimum Gasteiger partial charge on any atom is -0.325 e. The van der Waals surface area contributed by atoms with E-state index in [-0.39, 0.29) is 5.54 Å². The SMILES string of the molecule is Cc1sc(CC(C)(C)N)cc1Cl. The Hall–Kier alpha value is -0.0500. The molecule has 0 aliphatic carbocycles. The molecule has 0 saturated heterocycles. The average molecular weight is 204 g/mol. The van der Waals surface area contributed by atoms with Crippen LogP contribution in [0.25, 0.3) is 0 Å². The van der Waals surface area contributed by atoms with Gasteiger partial charge in [0, 0.05) is 15.3 Å². The van der Waals surface area contributed by atoms with Crippen molar-refractivity contribution in [3.63, 3.8) is 0 Å². The summed E-state index contributed by atoms with van der Waals surface area (Å²) in [7, 11) is 0. The molecule has 0 fully saturated rings. The van der Waals surface area contributed by atoms with E-state index in [1.807, 2.05) is 26.8 Å². The van der Waals surface area contributed by atoms with Crippen molar-refractivity contribution in [2.45, 2.75) is 32.7 Å². The number of halogens is 1. The highest BCUT2D eigenvalue weighted by atomic mass is 35.5. The van der Waals surface area contributed by atoms with Crippen LogP contribution in [0.15, 0.2) is 6.07 Å². The molecule has 3 heteroatoms. The van der Waals surface area contributed by atoms with E-state index < -0.39 is 0 Å². The van der Waals surface area contributed by atoms with Crippen LogP contribution in [0.1, 0.15) is 23.6 Å². The molecule has 1 heterocycles. The highest BCUT2D eigenvalue weighted by Crippen LogP contribution is 2.27. The molecule has 0 aliphatic rings. The third-order valence-corrected chi connectivity index (χ3v) is 3.09. The van der Waals surface area contributed by atoms with Gasteiger partial charge in [-0.3, -0.25) is 0 Å². The van der Waals surface area contributed by atoms with Gasteiger partial charge in [0.05, 0.1) is 5.02 Å². The van der Waals surface area contributed by atoms with E-state index in [0.717, 1.165) is 11.4 Å². The summed E-state index contributed by atoms with van der Waals surface area (Å²) in [6.45, 7) is 6.08. The Morgan fingerprint density at radius 2 is 2.17 bits per heavy atom. The Labute approximate surface area is 82.5 Å². The van der Waals surface area contributed by atoms with E-state index in [4.69, 9.17) is 17.3 Å². The molecule has 0 atom stereocenters. The number of nitrogens with two attached hydrogens (primary N) is 1. The topological polar surface area (TPSA) is 26.0 Å². The van der Waals surface area contributed by atoms with E-state index in [9.17, 15) is 0 Å². The predicted octanol–water partition coefficient (Wildman–Crippen LogP) is 2.99. The normalized spacial score (nSPS) is 12.1. The van der Waals surface area contributed by atoms with Crippen LogP contribution in [0.5, 0.6) is 0 Å². The van der Waals surface area contributed by atoms with E-state index in [1.54, 1.807) is 11.3 Å². The number of hydrogen-bond acceptors (Lipinski definition) is 2. The zero-order valence-electron chi connectivity index (χ0n) is 7.65. The van der Waals surface area contributed by atoms with Crippen LogP contribution in [-0.4, -0.2) is 5.54 Å². The second-order valence-corrected chi connectivity index (χ2v) is 5.53. The zero-order valence-corrected chi connectivity index (χ0v) is 9.22. The molecule has 1 aromatic rings. The van der Waals surface area contributed by atoms with Gasteiger partial charge >= 0.3 is 0 Å². The standard InChI is InChI=1S/C9H14ClNS/c1-6-8(10)4-7(12-6)5-9(2,3)11/h4H,5,11H2,1-3H3. The molecule has 0 radical (unpaired) electrons. The second-order valence-electron chi connectivity index (χ2n) is 3.78. The molecular weight excluding hydrogens is 190 g/mol. The fourth-order valence-electron chi connectivity index (χ4n) is 1.05. The Kier molecular flexibility index (Phi) is 2.81. The quantitative estimate of drug-likeness (QED) is 0.786. The molecule has 0 amide bonds. The van der Waals surface area contributed by atoms with Gasteiger partial charge in [-0.15, -0.1) is 11.3 Å². The minimum absolute atomic E-state index is 0.138. The van der Waals surface area contributed by atoms with E-state index in [1.165, 1.54) is 9.75 Å². The molecule has 0 saturated carbocycles. The lowest BCUT2D eigenvalue weighted by Gasteiger charge is -2.16. The monoisotopic (exact) mass is 203 g/mol. The first-order valence-corrected chi connectivity index (χ1v) is 5.11. The van der Waals surface area contributed by atoms with Crippen LogP contribution >= 0.6 is 22.9 Å². The molecule has 0 unspecified atom stereocenters. The Morgan fingerprint density at radius 3 is 2.50 bits per heavy atom. The Morgan fingerprint density at radius 1 is 1.58 bits per heavy atom. The minimum atomic E-state index is -0.138. The third kappa shape index (κ3) is 2.77. The summed E-state index contributed by atoms with van der Waals surface area (Å²) in [5.41, 5.74) is 5.75. The first-order valence-electron chi connectivity index (χ1n) is 3.92. The number of aryl methyl sites for hydroxylation is 1. The van der Waals surface area contributed by atoms with Gasteiger partial charge in [0.2, 0.25) is 0 Å². The Bertz CT molecular complexity index is 253. The van der Waals surface area contributed by atoms with Crippen molar-refractivity contribution in [1.82, 2.24) is 0 Å². The molecule has 68 valence electrons. The van der Waals surface area contributed by atoms with Crippen molar-refractivity contribution in [3.8, 4) is 0 Å². The summed E-state index contributed by atoms with van der Waals surface area (Å²) in [4.78, 5) is 2.45. The van der Waals surface area contributed by atoms with Gasteiger partial charge in [-0.25, -0.2) is 0 Å². The average Bonchev–Trinajstić information content (AvgIpc) is 2.07. The maximum absolute atomic E-state index is 5.93. The van der Waals surface area contributed by atoms with Crippen LogP contribution in [0.4, 0.5) is 0 Å². The smallest absolute Gasteiger partial charge is 0.0545 e. The number of thiophene rings is 1. The first kappa shape index (κ1) is 10.0. The van der Waals surface area contributed by atoms with Gasteiger partial charge in [-0.1, -0.05) is 11.6 Å². The highest BCUT2D eigenvalue weighted by molar-refractivity contribution is 7.12. The third-order valence-electron chi connectivity index (χ3n) is 1.54. The number of hydrogen-bond donors (Lipinski definition) is 1. The summed E-state index contributed by atoms with van der Waals surface area (Å²) < 4.78 is 0. The molecule has 0 bridgehead atoms. The lowest BCUT2D eigenvalue weighted by Crippen LogP contribution is -2.33. The number of rotatable bonds is 2. The van der Waals surface area contributed by atoms with Crippen molar-refractivity contribution in [2.75, 3.05) is 0 Å². The molecule has 2 N–H and O–H groups in total. The maximum Gasteiger partial charge on any atom is 0.0545 e. The lowest BCUT2D eigenvalue weighted by molar-refractivity contribution is 0.521. The van der Waals surface area contributed by atoms with Gasteiger partial charge in [0.25, 0.3) is 0 Å². The van der Waals surface area contributed by atoms with Gasteiger partial charge in [-0.05, 0) is 33.3 Å². The van der Waals surface area contributed by atoms with Crippen LogP contribution in [0.3, 0.4) is 0 Å². The van der Waals surface area contributed by atoms with Crippen LogP contribution in [0.2, 0.25) is 5.02 Å².